The van der Waals surface area contributed by atoms with Crippen LogP contribution in [-0.2, 0) is 18.6 Å². The van der Waals surface area contributed by atoms with Crippen molar-refractivity contribution in [3.8, 4) is 5.69 Å². The Kier molecular flexibility index (Phi) is 4.87. The van der Waals surface area contributed by atoms with E-state index in [2.05, 4.69) is 24.4 Å². The molecule has 0 saturated heterocycles. The third-order valence-corrected chi connectivity index (χ3v) is 8.43. The molecule has 5 rings (SSSR count). The van der Waals surface area contributed by atoms with Crippen molar-refractivity contribution >= 4 is 44.7 Å². The van der Waals surface area contributed by atoms with Gasteiger partial charge in [0.05, 0.1) is 11.1 Å². The fourth-order valence-corrected chi connectivity index (χ4v) is 7.01. The number of rotatable bonds is 4. The number of aromatic nitrogens is 2. The average molecular weight is 425 g/mol. The predicted octanol–water partition coefficient (Wildman–Crippen LogP) is 5.93. The van der Waals surface area contributed by atoms with Crippen molar-refractivity contribution in [2.24, 2.45) is 5.92 Å². The SMILES string of the molecule is CC1CCc2c(sc3nc(SCc4cccs4)n(-c4ccccc4)c(=O)c23)C1. The van der Waals surface area contributed by atoms with Gasteiger partial charge in [-0.1, -0.05) is 43.0 Å². The van der Waals surface area contributed by atoms with Gasteiger partial charge in [0.2, 0.25) is 0 Å². The first-order chi connectivity index (χ1) is 13.7. The molecule has 0 saturated carbocycles. The monoisotopic (exact) mass is 424 g/mol. The molecule has 28 heavy (non-hydrogen) atoms. The lowest BCUT2D eigenvalue weighted by Crippen LogP contribution is -2.22. The Labute approximate surface area is 176 Å². The van der Waals surface area contributed by atoms with Crippen LogP contribution >= 0.6 is 34.4 Å². The summed E-state index contributed by atoms with van der Waals surface area (Å²) in [6, 6.07) is 14.1. The van der Waals surface area contributed by atoms with Crippen molar-refractivity contribution in [1.29, 1.82) is 0 Å². The fraction of sp³-hybridized carbons (Fsp3) is 0.273. The average Bonchev–Trinajstić information content (AvgIpc) is 3.34. The molecule has 0 N–H and O–H groups in total. The summed E-state index contributed by atoms with van der Waals surface area (Å²) in [5.41, 5.74) is 2.21. The van der Waals surface area contributed by atoms with Crippen LogP contribution in [0.5, 0.6) is 0 Å². The summed E-state index contributed by atoms with van der Waals surface area (Å²) in [4.78, 5) is 22.2. The second-order valence-corrected chi connectivity index (χ2v) is 10.3. The molecule has 0 radical (unpaired) electrons. The molecule has 1 aliphatic carbocycles. The minimum Gasteiger partial charge on any atom is -0.268 e. The number of hydrogen-bond donors (Lipinski definition) is 0. The Morgan fingerprint density at radius 2 is 2.07 bits per heavy atom. The third kappa shape index (κ3) is 3.23. The highest BCUT2D eigenvalue weighted by Gasteiger charge is 2.25. The van der Waals surface area contributed by atoms with E-state index < -0.39 is 0 Å². The zero-order valence-electron chi connectivity index (χ0n) is 15.6. The molecule has 142 valence electrons. The molecule has 0 aliphatic heterocycles. The van der Waals surface area contributed by atoms with Gasteiger partial charge in [-0.15, -0.1) is 22.7 Å². The Hall–Kier alpha value is -1.89. The van der Waals surface area contributed by atoms with Crippen LogP contribution < -0.4 is 5.56 Å². The summed E-state index contributed by atoms with van der Waals surface area (Å²) in [6.45, 7) is 2.30. The minimum absolute atomic E-state index is 0.0805. The Morgan fingerprint density at radius 3 is 2.86 bits per heavy atom. The Balaban J connectivity index is 1.69. The van der Waals surface area contributed by atoms with Gasteiger partial charge in [-0.2, -0.15) is 0 Å². The number of thioether (sulfide) groups is 1. The number of para-hydroxylation sites is 1. The molecule has 0 fully saturated rings. The van der Waals surface area contributed by atoms with E-state index in [1.807, 2.05) is 34.9 Å². The first-order valence-electron chi connectivity index (χ1n) is 9.48. The Morgan fingerprint density at radius 1 is 1.21 bits per heavy atom. The molecular weight excluding hydrogens is 404 g/mol. The Bertz CT molecular complexity index is 1180. The number of nitrogens with zero attached hydrogens (tertiary/aromatic N) is 2. The largest absolute Gasteiger partial charge is 0.268 e. The smallest absolute Gasteiger partial charge is 0.267 e. The molecule has 1 atom stereocenters. The van der Waals surface area contributed by atoms with Crippen LogP contribution in [0.2, 0.25) is 0 Å². The van der Waals surface area contributed by atoms with Crippen LogP contribution in [0.3, 0.4) is 0 Å². The van der Waals surface area contributed by atoms with Gasteiger partial charge in [-0.05, 0) is 54.3 Å². The third-order valence-electron chi connectivity index (χ3n) is 5.24. The first kappa shape index (κ1) is 18.2. The van der Waals surface area contributed by atoms with Crippen molar-refractivity contribution < 1.29 is 0 Å². The number of thiophene rings is 2. The van der Waals surface area contributed by atoms with Crippen LogP contribution in [0.15, 0.2) is 57.8 Å². The van der Waals surface area contributed by atoms with E-state index >= 15 is 0 Å². The highest BCUT2D eigenvalue weighted by Crippen LogP contribution is 2.37. The molecule has 6 heteroatoms. The van der Waals surface area contributed by atoms with E-state index in [4.69, 9.17) is 4.98 Å². The molecule has 3 nitrogen and oxygen atoms in total. The molecule has 3 heterocycles. The summed E-state index contributed by atoms with van der Waals surface area (Å²) in [5.74, 6) is 1.51. The molecule has 1 aromatic carbocycles. The van der Waals surface area contributed by atoms with Gasteiger partial charge < -0.3 is 0 Å². The molecular formula is C22H20N2OS3. The molecule has 1 aliphatic rings. The summed E-state index contributed by atoms with van der Waals surface area (Å²) >= 11 is 5.11. The summed E-state index contributed by atoms with van der Waals surface area (Å²) in [7, 11) is 0. The number of hydrogen-bond acceptors (Lipinski definition) is 5. The highest BCUT2D eigenvalue weighted by atomic mass is 32.2. The predicted molar refractivity (Wildman–Crippen MR) is 120 cm³/mol. The second kappa shape index (κ2) is 7.50. The zero-order chi connectivity index (χ0) is 19.1. The molecule has 0 spiro atoms. The van der Waals surface area contributed by atoms with Gasteiger partial charge in [0, 0.05) is 15.5 Å². The number of benzene rings is 1. The maximum Gasteiger partial charge on any atom is 0.267 e. The highest BCUT2D eigenvalue weighted by molar-refractivity contribution is 7.98. The van der Waals surface area contributed by atoms with Crippen LogP contribution in [0.25, 0.3) is 15.9 Å². The summed E-state index contributed by atoms with van der Waals surface area (Å²) < 4.78 is 1.81. The normalized spacial score (nSPS) is 16.4. The van der Waals surface area contributed by atoms with Gasteiger partial charge in [-0.25, -0.2) is 4.98 Å². The standard InChI is InChI=1S/C22H20N2OS3/c1-14-9-10-17-18(12-14)28-20-19(17)21(25)24(15-6-3-2-4-7-15)22(23-20)27-13-16-8-5-11-26-16/h2-8,11,14H,9-10,12-13H2,1H3. The van der Waals surface area contributed by atoms with Gasteiger partial charge in [0.25, 0.3) is 5.56 Å². The first-order valence-corrected chi connectivity index (χ1v) is 12.2. The quantitative estimate of drug-likeness (QED) is 0.301. The summed E-state index contributed by atoms with van der Waals surface area (Å²) in [6.07, 6.45) is 3.21. The molecule has 0 amide bonds. The van der Waals surface area contributed by atoms with Gasteiger partial charge in [0.15, 0.2) is 5.16 Å². The van der Waals surface area contributed by atoms with Crippen molar-refractivity contribution in [3.63, 3.8) is 0 Å². The van der Waals surface area contributed by atoms with E-state index in [9.17, 15) is 4.79 Å². The zero-order valence-corrected chi connectivity index (χ0v) is 18.0. The van der Waals surface area contributed by atoms with E-state index in [1.54, 1.807) is 34.4 Å². The number of fused-ring (bicyclic) bond motifs is 3. The lowest BCUT2D eigenvalue weighted by atomic mass is 9.89. The van der Waals surface area contributed by atoms with Crippen molar-refractivity contribution in [3.05, 3.63) is 73.5 Å². The maximum atomic E-state index is 13.6. The van der Waals surface area contributed by atoms with Crippen LogP contribution in [0.4, 0.5) is 0 Å². The topological polar surface area (TPSA) is 34.9 Å². The van der Waals surface area contributed by atoms with Gasteiger partial charge >= 0.3 is 0 Å². The van der Waals surface area contributed by atoms with E-state index in [0.29, 0.717) is 5.92 Å². The molecule has 1 unspecified atom stereocenters. The molecule has 4 aromatic rings. The van der Waals surface area contributed by atoms with Crippen molar-refractivity contribution in [2.75, 3.05) is 0 Å². The van der Waals surface area contributed by atoms with Crippen LogP contribution in [-0.4, -0.2) is 9.55 Å². The van der Waals surface area contributed by atoms with Crippen LogP contribution in [0, 0.1) is 5.92 Å². The minimum atomic E-state index is 0.0805. The van der Waals surface area contributed by atoms with Gasteiger partial charge in [-0.3, -0.25) is 9.36 Å². The van der Waals surface area contributed by atoms with Crippen molar-refractivity contribution in [2.45, 2.75) is 37.1 Å². The maximum absolute atomic E-state index is 13.6. The summed E-state index contributed by atoms with van der Waals surface area (Å²) in [5, 5.41) is 3.71. The second-order valence-electron chi connectivity index (χ2n) is 7.27. The lowest BCUT2D eigenvalue weighted by molar-refractivity contribution is 0.509. The fourth-order valence-electron chi connectivity index (χ4n) is 3.80. The lowest BCUT2D eigenvalue weighted by Gasteiger charge is -2.17. The molecule has 0 bridgehead atoms. The van der Waals surface area contributed by atoms with E-state index in [1.165, 1.54) is 15.3 Å². The van der Waals surface area contributed by atoms with E-state index in [-0.39, 0.29) is 5.56 Å². The van der Waals surface area contributed by atoms with Crippen molar-refractivity contribution in [1.82, 2.24) is 9.55 Å². The number of aryl methyl sites for hydroxylation is 1. The van der Waals surface area contributed by atoms with E-state index in [0.717, 1.165) is 46.1 Å². The van der Waals surface area contributed by atoms with Gasteiger partial charge in [0.1, 0.15) is 4.83 Å². The molecule has 3 aromatic heterocycles. The van der Waals surface area contributed by atoms with Crippen LogP contribution in [0.1, 0.15) is 28.7 Å².